The average molecular weight is 244 g/mol. The SMILES string of the molecule is N[C@H](CN1CCC1)c1ccc(F)c(C(F)F)c1. The third-order valence-electron chi connectivity index (χ3n) is 3.09. The molecule has 17 heavy (non-hydrogen) atoms. The first-order chi connectivity index (χ1) is 8.08. The highest BCUT2D eigenvalue weighted by Crippen LogP contribution is 2.25. The van der Waals surface area contributed by atoms with Gasteiger partial charge in [-0.3, -0.25) is 0 Å². The lowest BCUT2D eigenvalue weighted by Crippen LogP contribution is -2.41. The minimum atomic E-state index is -2.80. The Morgan fingerprint density at radius 2 is 2.00 bits per heavy atom. The van der Waals surface area contributed by atoms with Crippen molar-refractivity contribution >= 4 is 0 Å². The fraction of sp³-hybridized carbons (Fsp3) is 0.500. The first-order valence-corrected chi connectivity index (χ1v) is 5.63. The summed E-state index contributed by atoms with van der Waals surface area (Å²) in [7, 11) is 0. The summed E-state index contributed by atoms with van der Waals surface area (Å²) in [6.45, 7) is 2.63. The molecule has 2 nitrogen and oxygen atoms in total. The van der Waals surface area contributed by atoms with E-state index >= 15 is 0 Å². The molecule has 0 spiro atoms. The Balaban J connectivity index is 2.11. The highest BCUT2D eigenvalue weighted by molar-refractivity contribution is 5.28. The lowest BCUT2D eigenvalue weighted by Gasteiger charge is -2.33. The highest BCUT2D eigenvalue weighted by Gasteiger charge is 2.20. The van der Waals surface area contributed by atoms with Gasteiger partial charge in [-0.2, -0.15) is 0 Å². The first-order valence-electron chi connectivity index (χ1n) is 5.63. The molecule has 2 rings (SSSR count). The van der Waals surface area contributed by atoms with E-state index in [1.165, 1.54) is 12.1 Å². The standard InChI is InChI=1S/C12H15F3N2/c13-10-3-2-8(6-9(10)12(14)15)11(16)7-17-4-1-5-17/h2-3,6,11-12H,1,4-5,7,16H2/t11-/m1/s1. The van der Waals surface area contributed by atoms with E-state index < -0.39 is 17.8 Å². The van der Waals surface area contributed by atoms with Gasteiger partial charge in [-0.15, -0.1) is 0 Å². The van der Waals surface area contributed by atoms with Crippen molar-refractivity contribution in [1.82, 2.24) is 4.90 Å². The molecule has 1 aromatic carbocycles. The molecule has 1 atom stereocenters. The van der Waals surface area contributed by atoms with Crippen molar-refractivity contribution in [2.45, 2.75) is 18.9 Å². The number of hydrogen-bond acceptors (Lipinski definition) is 2. The van der Waals surface area contributed by atoms with Crippen molar-refractivity contribution in [3.05, 3.63) is 35.1 Å². The Morgan fingerprint density at radius 3 is 2.53 bits per heavy atom. The smallest absolute Gasteiger partial charge is 0.266 e. The molecule has 0 saturated carbocycles. The average Bonchev–Trinajstić information content (AvgIpc) is 2.23. The van der Waals surface area contributed by atoms with Crippen LogP contribution in [-0.4, -0.2) is 24.5 Å². The Morgan fingerprint density at radius 1 is 1.29 bits per heavy atom. The number of nitrogens with two attached hydrogens (primary N) is 1. The molecule has 0 bridgehead atoms. The number of hydrogen-bond donors (Lipinski definition) is 1. The third kappa shape index (κ3) is 2.79. The molecule has 1 aromatic rings. The maximum absolute atomic E-state index is 13.1. The molecule has 0 aliphatic carbocycles. The van der Waals surface area contributed by atoms with E-state index in [2.05, 4.69) is 4.90 Å². The van der Waals surface area contributed by atoms with E-state index in [1.54, 1.807) is 0 Å². The van der Waals surface area contributed by atoms with Gasteiger partial charge in [0.05, 0.1) is 5.56 Å². The maximum atomic E-state index is 13.1. The molecule has 0 amide bonds. The second-order valence-corrected chi connectivity index (χ2v) is 4.34. The number of likely N-dealkylation sites (tertiary alicyclic amines) is 1. The molecule has 94 valence electrons. The number of benzene rings is 1. The zero-order valence-electron chi connectivity index (χ0n) is 9.37. The van der Waals surface area contributed by atoms with Gasteiger partial charge < -0.3 is 10.6 Å². The fourth-order valence-electron chi connectivity index (χ4n) is 1.91. The van der Waals surface area contributed by atoms with Gasteiger partial charge in [0.1, 0.15) is 5.82 Å². The van der Waals surface area contributed by atoms with Crippen LogP contribution < -0.4 is 5.73 Å². The maximum Gasteiger partial charge on any atom is 0.266 e. The summed E-state index contributed by atoms with van der Waals surface area (Å²) >= 11 is 0. The van der Waals surface area contributed by atoms with Gasteiger partial charge in [0.15, 0.2) is 0 Å². The molecule has 5 heteroatoms. The van der Waals surface area contributed by atoms with Crippen LogP contribution in [0.15, 0.2) is 18.2 Å². The van der Waals surface area contributed by atoms with Crippen molar-refractivity contribution < 1.29 is 13.2 Å². The zero-order chi connectivity index (χ0) is 12.4. The van der Waals surface area contributed by atoms with E-state index in [4.69, 9.17) is 5.73 Å². The van der Waals surface area contributed by atoms with E-state index in [-0.39, 0.29) is 6.04 Å². The first kappa shape index (κ1) is 12.4. The monoisotopic (exact) mass is 244 g/mol. The van der Waals surface area contributed by atoms with Crippen molar-refractivity contribution in [3.8, 4) is 0 Å². The number of rotatable bonds is 4. The second-order valence-electron chi connectivity index (χ2n) is 4.34. The molecule has 0 aromatic heterocycles. The molecule has 0 unspecified atom stereocenters. The third-order valence-corrected chi connectivity index (χ3v) is 3.09. The summed E-state index contributed by atoms with van der Waals surface area (Å²) in [5.41, 5.74) is 5.91. The van der Waals surface area contributed by atoms with Crippen LogP contribution >= 0.6 is 0 Å². The summed E-state index contributed by atoms with van der Waals surface area (Å²) in [4.78, 5) is 2.15. The van der Waals surface area contributed by atoms with Gasteiger partial charge in [-0.05, 0) is 37.2 Å². The summed E-state index contributed by atoms with van der Waals surface area (Å²) in [6, 6.07) is 3.37. The Labute approximate surface area is 98.2 Å². The minimum absolute atomic E-state index is 0.339. The number of nitrogens with zero attached hydrogens (tertiary/aromatic N) is 1. The molecule has 1 aliphatic rings. The predicted molar refractivity (Wildman–Crippen MR) is 59.3 cm³/mol. The molecule has 1 heterocycles. The molecular formula is C12H15F3N2. The minimum Gasteiger partial charge on any atom is -0.323 e. The van der Waals surface area contributed by atoms with Crippen LogP contribution in [0.3, 0.4) is 0 Å². The Hall–Kier alpha value is -1.07. The molecule has 0 radical (unpaired) electrons. The predicted octanol–water partition coefficient (Wildman–Crippen LogP) is 2.47. The van der Waals surface area contributed by atoms with Crippen molar-refractivity contribution in [3.63, 3.8) is 0 Å². The van der Waals surface area contributed by atoms with Crippen LogP contribution in [0, 0.1) is 5.82 Å². The summed E-state index contributed by atoms with van der Waals surface area (Å²) in [5, 5.41) is 0. The number of alkyl halides is 2. The Bertz CT molecular complexity index is 391. The summed E-state index contributed by atoms with van der Waals surface area (Å²) in [5.74, 6) is -0.875. The van der Waals surface area contributed by atoms with Gasteiger partial charge >= 0.3 is 0 Å². The molecule has 1 fully saturated rings. The quantitative estimate of drug-likeness (QED) is 0.881. The number of halogens is 3. The van der Waals surface area contributed by atoms with Crippen LogP contribution in [0.5, 0.6) is 0 Å². The van der Waals surface area contributed by atoms with Gasteiger partial charge in [-0.25, -0.2) is 13.2 Å². The topological polar surface area (TPSA) is 29.3 Å². The molecular weight excluding hydrogens is 229 g/mol. The lowest BCUT2D eigenvalue weighted by atomic mass is 10.0. The summed E-state index contributed by atoms with van der Waals surface area (Å²) < 4.78 is 38.1. The molecule has 1 aliphatic heterocycles. The van der Waals surface area contributed by atoms with Crippen molar-refractivity contribution in [2.24, 2.45) is 5.73 Å². The van der Waals surface area contributed by atoms with Crippen LogP contribution in [0.1, 0.15) is 30.0 Å². The van der Waals surface area contributed by atoms with Gasteiger partial charge in [0.25, 0.3) is 6.43 Å². The second kappa shape index (κ2) is 5.06. The van der Waals surface area contributed by atoms with Crippen molar-refractivity contribution in [2.75, 3.05) is 19.6 Å². The fourth-order valence-corrected chi connectivity index (χ4v) is 1.91. The van der Waals surface area contributed by atoms with Crippen LogP contribution in [0.2, 0.25) is 0 Å². The lowest BCUT2D eigenvalue weighted by molar-refractivity contribution is 0.146. The van der Waals surface area contributed by atoms with E-state index in [0.29, 0.717) is 12.1 Å². The Kier molecular flexibility index (Phi) is 3.69. The van der Waals surface area contributed by atoms with E-state index in [9.17, 15) is 13.2 Å². The molecule has 1 saturated heterocycles. The zero-order valence-corrected chi connectivity index (χ0v) is 9.37. The highest BCUT2D eigenvalue weighted by atomic mass is 19.3. The summed E-state index contributed by atoms with van der Waals surface area (Å²) in [6.07, 6.45) is -1.65. The van der Waals surface area contributed by atoms with Crippen LogP contribution in [0.4, 0.5) is 13.2 Å². The normalized spacial score (nSPS) is 18.2. The van der Waals surface area contributed by atoms with Crippen LogP contribution in [-0.2, 0) is 0 Å². The van der Waals surface area contributed by atoms with Gasteiger partial charge in [0, 0.05) is 12.6 Å². The molecule has 2 N–H and O–H groups in total. The van der Waals surface area contributed by atoms with E-state index in [0.717, 1.165) is 25.6 Å². The van der Waals surface area contributed by atoms with Crippen LogP contribution in [0.25, 0.3) is 0 Å². The van der Waals surface area contributed by atoms with E-state index in [1.807, 2.05) is 0 Å². The van der Waals surface area contributed by atoms with Crippen molar-refractivity contribution in [1.29, 1.82) is 0 Å². The van der Waals surface area contributed by atoms with Gasteiger partial charge in [-0.1, -0.05) is 6.07 Å². The largest absolute Gasteiger partial charge is 0.323 e. The van der Waals surface area contributed by atoms with Gasteiger partial charge in [0.2, 0.25) is 0 Å².